The molecule has 36 heavy (non-hydrogen) atoms. The molecule has 7 heteroatoms. The standard InChI is InChI=1S/C29H33N3O3S/c1-22(2)23-16-18-26(19-17-23)36(34,35)21-11-5-10-20-32-27(33)29(31-28(32)30,24-12-6-3-7-13-24)25-14-8-4-9-15-25/h3-4,6-9,12-19,22H,5,10-11,20-21H2,1-2H3,(H2,30,31). The Morgan fingerprint density at radius 1 is 0.833 bits per heavy atom. The van der Waals surface area contributed by atoms with Gasteiger partial charge in [0, 0.05) is 6.54 Å². The fourth-order valence-electron chi connectivity index (χ4n) is 4.61. The summed E-state index contributed by atoms with van der Waals surface area (Å²) in [5.41, 5.74) is 7.71. The second kappa shape index (κ2) is 10.7. The van der Waals surface area contributed by atoms with Gasteiger partial charge in [-0.1, -0.05) is 93.1 Å². The molecule has 0 saturated heterocycles. The molecule has 0 radical (unpaired) electrons. The minimum atomic E-state index is -3.34. The van der Waals surface area contributed by atoms with Gasteiger partial charge in [-0.15, -0.1) is 0 Å². The van der Waals surface area contributed by atoms with Crippen LogP contribution in [0.5, 0.6) is 0 Å². The predicted octanol–water partition coefficient (Wildman–Crippen LogP) is 4.85. The molecule has 1 aliphatic heterocycles. The van der Waals surface area contributed by atoms with E-state index in [1.54, 1.807) is 12.1 Å². The van der Waals surface area contributed by atoms with E-state index in [1.807, 2.05) is 72.8 Å². The van der Waals surface area contributed by atoms with Crippen LogP contribution >= 0.6 is 0 Å². The summed E-state index contributed by atoms with van der Waals surface area (Å²) in [6.07, 6.45) is 1.79. The van der Waals surface area contributed by atoms with Crippen LogP contribution in [-0.2, 0) is 20.2 Å². The highest BCUT2D eigenvalue weighted by Crippen LogP contribution is 2.39. The first-order valence-electron chi connectivity index (χ1n) is 12.4. The van der Waals surface area contributed by atoms with Gasteiger partial charge in [0.1, 0.15) is 0 Å². The summed E-state index contributed by atoms with van der Waals surface area (Å²) >= 11 is 0. The number of amides is 1. The minimum Gasteiger partial charge on any atom is -0.369 e. The fraction of sp³-hybridized carbons (Fsp3) is 0.310. The summed E-state index contributed by atoms with van der Waals surface area (Å²) in [6, 6.07) is 26.1. The number of aliphatic imine (C=N–C) groups is 1. The van der Waals surface area contributed by atoms with Gasteiger partial charge in [0.05, 0.1) is 10.6 Å². The van der Waals surface area contributed by atoms with Crippen LogP contribution in [0, 0.1) is 0 Å². The summed E-state index contributed by atoms with van der Waals surface area (Å²) in [6.45, 7) is 4.55. The molecular formula is C29H33N3O3S. The van der Waals surface area contributed by atoms with Crippen LogP contribution in [0.15, 0.2) is 94.8 Å². The Hall–Kier alpha value is -3.45. The number of rotatable bonds is 10. The van der Waals surface area contributed by atoms with Gasteiger partial charge in [0.2, 0.25) is 0 Å². The maximum atomic E-state index is 13.8. The Morgan fingerprint density at radius 2 is 1.39 bits per heavy atom. The molecule has 1 amide bonds. The van der Waals surface area contributed by atoms with Gasteiger partial charge in [-0.3, -0.25) is 9.69 Å². The van der Waals surface area contributed by atoms with E-state index in [0.717, 1.165) is 16.7 Å². The average molecular weight is 504 g/mol. The van der Waals surface area contributed by atoms with E-state index in [9.17, 15) is 13.2 Å². The molecule has 0 aromatic heterocycles. The molecule has 188 valence electrons. The number of sulfone groups is 1. The SMILES string of the molecule is CC(C)c1ccc(S(=O)(=O)CCCCCN2C(=O)C(c3ccccc3)(c3ccccc3)N=C2N)cc1. The van der Waals surface area contributed by atoms with Gasteiger partial charge in [-0.05, 0) is 47.6 Å². The molecule has 6 nitrogen and oxygen atoms in total. The third kappa shape index (κ3) is 5.07. The van der Waals surface area contributed by atoms with Crippen molar-refractivity contribution in [1.29, 1.82) is 0 Å². The number of hydrogen-bond acceptors (Lipinski definition) is 5. The maximum Gasteiger partial charge on any atom is 0.266 e. The average Bonchev–Trinajstić information content (AvgIpc) is 3.15. The van der Waals surface area contributed by atoms with Crippen LogP contribution in [0.25, 0.3) is 0 Å². The van der Waals surface area contributed by atoms with Gasteiger partial charge in [0.25, 0.3) is 5.91 Å². The van der Waals surface area contributed by atoms with Crippen molar-refractivity contribution in [2.75, 3.05) is 12.3 Å². The quantitative estimate of drug-likeness (QED) is 0.400. The second-order valence-electron chi connectivity index (χ2n) is 9.47. The molecule has 0 saturated carbocycles. The molecule has 3 aromatic rings. The second-order valence-corrected chi connectivity index (χ2v) is 11.6. The molecule has 1 heterocycles. The van der Waals surface area contributed by atoms with Crippen molar-refractivity contribution in [3.05, 3.63) is 102 Å². The molecular weight excluding hydrogens is 470 g/mol. The number of unbranched alkanes of at least 4 members (excludes halogenated alkanes) is 2. The lowest BCUT2D eigenvalue weighted by Gasteiger charge is -2.27. The Morgan fingerprint density at radius 3 is 1.92 bits per heavy atom. The first kappa shape index (κ1) is 25.6. The van der Waals surface area contributed by atoms with Gasteiger partial charge < -0.3 is 5.73 Å². The third-order valence-corrected chi connectivity index (χ3v) is 8.51. The molecule has 1 aliphatic rings. The molecule has 0 fully saturated rings. The zero-order chi connectivity index (χ0) is 25.8. The van der Waals surface area contributed by atoms with E-state index in [4.69, 9.17) is 10.7 Å². The van der Waals surface area contributed by atoms with Crippen molar-refractivity contribution >= 4 is 21.7 Å². The minimum absolute atomic E-state index is 0.0729. The summed E-state index contributed by atoms with van der Waals surface area (Å²) in [7, 11) is -3.34. The largest absolute Gasteiger partial charge is 0.369 e. The number of carbonyl (C=O) groups is 1. The van der Waals surface area contributed by atoms with Crippen molar-refractivity contribution in [2.24, 2.45) is 10.7 Å². The lowest BCUT2D eigenvalue weighted by molar-refractivity contribution is -0.130. The third-order valence-electron chi connectivity index (χ3n) is 6.70. The molecule has 0 atom stereocenters. The molecule has 2 N–H and O–H groups in total. The Balaban J connectivity index is 1.40. The topological polar surface area (TPSA) is 92.8 Å². The number of carbonyl (C=O) groups excluding carboxylic acids is 1. The van der Waals surface area contributed by atoms with E-state index >= 15 is 0 Å². The number of benzene rings is 3. The predicted molar refractivity (Wildman–Crippen MR) is 143 cm³/mol. The van der Waals surface area contributed by atoms with Crippen molar-refractivity contribution in [2.45, 2.75) is 49.5 Å². The van der Waals surface area contributed by atoms with E-state index in [-0.39, 0.29) is 17.6 Å². The smallest absolute Gasteiger partial charge is 0.266 e. The normalized spacial score (nSPS) is 15.4. The zero-order valence-corrected chi connectivity index (χ0v) is 21.6. The Bertz CT molecular complexity index is 1280. The Kier molecular flexibility index (Phi) is 7.59. The van der Waals surface area contributed by atoms with Crippen LogP contribution in [0.1, 0.15) is 55.7 Å². The lowest BCUT2D eigenvalue weighted by atomic mass is 9.83. The van der Waals surface area contributed by atoms with Gasteiger partial charge >= 0.3 is 0 Å². The van der Waals surface area contributed by atoms with Crippen LogP contribution in [0.2, 0.25) is 0 Å². The zero-order valence-electron chi connectivity index (χ0n) is 20.8. The van der Waals surface area contributed by atoms with E-state index in [1.165, 1.54) is 4.90 Å². The molecule has 0 unspecified atom stereocenters. The van der Waals surface area contributed by atoms with Crippen LogP contribution in [0.4, 0.5) is 0 Å². The lowest BCUT2D eigenvalue weighted by Crippen LogP contribution is -2.44. The molecule has 3 aromatic carbocycles. The number of nitrogens with two attached hydrogens (primary N) is 1. The highest BCUT2D eigenvalue weighted by atomic mass is 32.2. The van der Waals surface area contributed by atoms with E-state index in [0.29, 0.717) is 36.6 Å². The van der Waals surface area contributed by atoms with Crippen LogP contribution in [-0.4, -0.2) is 37.5 Å². The van der Waals surface area contributed by atoms with Crippen molar-refractivity contribution < 1.29 is 13.2 Å². The molecule has 0 spiro atoms. The monoisotopic (exact) mass is 503 g/mol. The number of hydrogen-bond donors (Lipinski definition) is 1. The first-order chi connectivity index (χ1) is 17.3. The van der Waals surface area contributed by atoms with E-state index < -0.39 is 15.4 Å². The summed E-state index contributed by atoms with van der Waals surface area (Å²) < 4.78 is 25.5. The number of guanidine groups is 1. The number of nitrogens with zero attached hydrogens (tertiary/aromatic N) is 2. The first-order valence-corrected chi connectivity index (χ1v) is 14.0. The fourth-order valence-corrected chi connectivity index (χ4v) is 5.98. The van der Waals surface area contributed by atoms with Crippen molar-refractivity contribution in [1.82, 2.24) is 4.90 Å². The van der Waals surface area contributed by atoms with Crippen molar-refractivity contribution in [3.8, 4) is 0 Å². The van der Waals surface area contributed by atoms with Crippen molar-refractivity contribution in [3.63, 3.8) is 0 Å². The van der Waals surface area contributed by atoms with Crippen LogP contribution < -0.4 is 5.73 Å². The van der Waals surface area contributed by atoms with Gasteiger partial charge in [-0.2, -0.15) is 0 Å². The molecule has 0 bridgehead atoms. The van der Waals surface area contributed by atoms with Crippen LogP contribution in [0.3, 0.4) is 0 Å². The van der Waals surface area contributed by atoms with Gasteiger partial charge in [-0.25, -0.2) is 13.4 Å². The summed E-state index contributed by atoms with van der Waals surface area (Å²) in [5.74, 6) is 0.429. The summed E-state index contributed by atoms with van der Waals surface area (Å²) in [5, 5.41) is 0. The van der Waals surface area contributed by atoms with E-state index in [2.05, 4.69) is 13.8 Å². The Labute approximate surface area is 213 Å². The highest BCUT2D eigenvalue weighted by Gasteiger charge is 2.50. The van der Waals surface area contributed by atoms with Gasteiger partial charge in [0.15, 0.2) is 21.3 Å². The maximum absolute atomic E-state index is 13.8. The molecule has 0 aliphatic carbocycles. The summed E-state index contributed by atoms with van der Waals surface area (Å²) in [4.78, 5) is 20.3. The molecule has 4 rings (SSSR count). The highest BCUT2D eigenvalue weighted by molar-refractivity contribution is 7.91.